The maximum atomic E-state index is 10.3. The molecule has 0 aromatic heterocycles. The minimum Gasteiger partial charge on any atom is -0.493 e. The van der Waals surface area contributed by atoms with E-state index in [2.05, 4.69) is 54.4 Å². The molecule has 4 bridgehead atoms. The van der Waals surface area contributed by atoms with Crippen LogP contribution >= 0.6 is 0 Å². The Labute approximate surface area is 222 Å². The van der Waals surface area contributed by atoms with E-state index in [1.807, 2.05) is 6.08 Å². The standard InChI is InChI=1S/C32H44N2O3/c1-29-15-22-16-30(2,19-29)21-31(17-22,20-29)33-11-4-5-12-34-13-10-32-9-8-24(35)14-26(32)37-28-25(36-3)7-6-23(18-34)27(28)32/h4-9,22,24,26,33,35H,10-21H2,1-3H3/b5-4+/t22?,24-,26-,29?,30?,31?,32-/m0/s1. The van der Waals surface area contributed by atoms with Crippen LogP contribution in [0.5, 0.6) is 11.5 Å². The summed E-state index contributed by atoms with van der Waals surface area (Å²) in [4.78, 5) is 2.56. The van der Waals surface area contributed by atoms with Crippen LogP contribution in [0.3, 0.4) is 0 Å². The topological polar surface area (TPSA) is 54.0 Å². The molecular formula is C32H44N2O3. The van der Waals surface area contributed by atoms with Gasteiger partial charge in [0.15, 0.2) is 11.5 Å². The first-order chi connectivity index (χ1) is 17.7. The lowest BCUT2D eigenvalue weighted by atomic mass is 9.43. The van der Waals surface area contributed by atoms with E-state index in [0.29, 0.717) is 22.8 Å². The first-order valence-corrected chi connectivity index (χ1v) is 14.6. The van der Waals surface area contributed by atoms with Gasteiger partial charge in [-0.15, -0.1) is 0 Å². The molecule has 5 heteroatoms. The predicted molar refractivity (Wildman–Crippen MR) is 146 cm³/mol. The molecule has 2 N–H and O–H groups in total. The van der Waals surface area contributed by atoms with Gasteiger partial charge in [-0.05, 0) is 73.3 Å². The van der Waals surface area contributed by atoms with Gasteiger partial charge >= 0.3 is 0 Å². The zero-order chi connectivity index (χ0) is 25.5. The Kier molecular flexibility index (Phi) is 5.46. The summed E-state index contributed by atoms with van der Waals surface area (Å²) in [7, 11) is 1.72. The fourth-order valence-electron chi connectivity index (χ4n) is 10.4. The van der Waals surface area contributed by atoms with E-state index >= 15 is 0 Å². The second-order valence-corrected chi connectivity index (χ2v) is 14.2. The first kappa shape index (κ1) is 24.2. The van der Waals surface area contributed by atoms with Gasteiger partial charge in [0.05, 0.1) is 18.6 Å². The van der Waals surface area contributed by atoms with Crippen molar-refractivity contribution in [1.29, 1.82) is 0 Å². The molecule has 4 saturated carbocycles. The Balaban J connectivity index is 1.04. The van der Waals surface area contributed by atoms with Gasteiger partial charge in [-0.25, -0.2) is 0 Å². The highest BCUT2D eigenvalue weighted by atomic mass is 16.5. The summed E-state index contributed by atoms with van der Waals surface area (Å²) < 4.78 is 12.1. The maximum Gasteiger partial charge on any atom is 0.166 e. The van der Waals surface area contributed by atoms with Gasteiger partial charge in [0.2, 0.25) is 0 Å². The van der Waals surface area contributed by atoms with Crippen molar-refractivity contribution in [1.82, 2.24) is 10.2 Å². The Morgan fingerprint density at radius 2 is 1.95 bits per heavy atom. The van der Waals surface area contributed by atoms with Gasteiger partial charge in [-0.1, -0.05) is 44.2 Å². The number of ether oxygens (including phenoxy) is 2. The molecule has 0 saturated heterocycles. The van der Waals surface area contributed by atoms with Crippen LogP contribution in [0.4, 0.5) is 0 Å². The fourth-order valence-corrected chi connectivity index (χ4v) is 10.4. The third-order valence-corrected chi connectivity index (χ3v) is 10.8. The van der Waals surface area contributed by atoms with E-state index in [9.17, 15) is 5.11 Å². The SMILES string of the molecule is COc1ccc2c3c1O[C@H]1C[C@@H](O)C=C[C@@]31CCN(C/C=C/CNC13CC4CC(C)(CC(C)(C4)C1)C3)C2. The normalized spacial score (nSPS) is 43.5. The third-order valence-electron chi connectivity index (χ3n) is 10.8. The molecule has 37 heavy (non-hydrogen) atoms. The zero-order valence-electron chi connectivity index (χ0n) is 22.9. The zero-order valence-corrected chi connectivity index (χ0v) is 22.9. The van der Waals surface area contributed by atoms with E-state index in [1.54, 1.807) is 7.11 Å². The van der Waals surface area contributed by atoms with Gasteiger partial charge < -0.3 is 19.9 Å². The van der Waals surface area contributed by atoms with E-state index in [0.717, 1.165) is 50.0 Å². The highest BCUT2D eigenvalue weighted by molar-refractivity contribution is 5.61. The number of hydrogen-bond acceptors (Lipinski definition) is 5. The molecule has 200 valence electrons. The minimum atomic E-state index is -0.437. The van der Waals surface area contributed by atoms with Crippen molar-refractivity contribution in [3.05, 3.63) is 47.6 Å². The summed E-state index contributed by atoms with van der Waals surface area (Å²) in [6.45, 7) is 8.98. The summed E-state index contributed by atoms with van der Waals surface area (Å²) >= 11 is 0. The van der Waals surface area contributed by atoms with E-state index in [1.165, 1.54) is 49.7 Å². The largest absolute Gasteiger partial charge is 0.493 e. The molecule has 5 aliphatic carbocycles. The molecule has 7 aliphatic rings. The molecule has 4 fully saturated rings. The van der Waals surface area contributed by atoms with Crippen LogP contribution in [-0.2, 0) is 12.0 Å². The van der Waals surface area contributed by atoms with Gasteiger partial charge in [-0.3, -0.25) is 4.90 Å². The predicted octanol–water partition coefficient (Wildman–Crippen LogP) is 5.12. The second-order valence-electron chi connectivity index (χ2n) is 14.2. The lowest BCUT2D eigenvalue weighted by Crippen LogP contribution is -2.64. The van der Waals surface area contributed by atoms with Crippen LogP contribution in [0.2, 0.25) is 0 Å². The number of benzene rings is 1. The van der Waals surface area contributed by atoms with Crippen LogP contribution in [-0.4, -0.2) is 54.5 Å². The van der Waals surface area contributed by atoms with Crippen LogP contribution in [0.15, 0.2) is 36.4 Å². The molecule has 1 spiro atoms. The van der Waals surface area contributed by atoms with Crippen molar-refractivity contribution in [2.45, 2.75) is 94.9 Å². The van der Waals surface area contributed by atoms with Gasteiger partial charge in [-0.2, -0.15) is 0 Å². The molecule has 1 aromatic rings. The molecule has 2 heterocycles. The van der Waals surface area contributed by atoms with Crippen LogP contribution in [0, 0.1) is 16.7 Å². The number of methoxy groups -OCH3 is 1. The molecule has 0 amide bonds. The Morgan fingerprint density at radius 3 is 2.70 bits per heavy atom. The second kappa shape index (κ2) is 8.34. The number of nitrogens with one attached hydrogen (secondary N) is 1. The molecular weight excluding hydrogens is 460 g/mol. The lowest BCUT2D eigenvalue weighted by Gasteiger charge is -2.65. The average Bonchev–Trinajstić information content (AvgIpc) is 3.05. The average molecular weight is 505 g/mol. The molecule has 0 radical (unpaired) electrons. The molecule has 5 nitrogen and oxygen atoms in total. The quantitative estimate of drug-likeness (QED) is 0.527. The summed E-state index contributed by atoms with van der Waals surface area (Å²) in [6, 6.07) is 4.27. The van der Waals surface area contributed by atoms with Crippen molar-refractivity contribution >= 4 is 0 Å². The van der Waals surface area contributed by atoms with Crippen LogP contribution < -0.4 is 14.8 Å². The molecule has 1 aromatic carbocycles. The Morgan fingerprint density at radius 1 is 1.14 bits per heavy atom. The first-order valence-electron chi connectivity index (χ1n) is 14.6. The van der Waals surface area contributed by atoms with Crippen molar-refractivity contribution in [3.8, 4) is 11.5 Å². The maximum absolute atomic E-state index is 10.3. The van der Waals surface area contributed by atoms with Crippen molar-refractivity contribution in [2.24, 2.45) is 16.7 Å². The number of aliphatic hydroxyl groups is 1. The number of hydrogen-bond donors (Lipinski definition) is 2. The van der Waals surface area contributed by atoms with Gasteiger partial charge in [0.25, 0.3) is 0 Å². The minimum absolute atomic E-state index is 0.0266. The number of aliphatic hydroxyl groups excluding tert-OH is 1. The summed E-state index contributed by atoms with van der Waals surface area (Å²) in [5.74, 6) is 2.63. The molecule has 2 aliphatic heterocycles. The molecule has 8 rings (SSSR count). The Hall–Kier alpha value is -1.82. The lowest BCUT2D eigenvalue weighted by molar-refractivity contribution is -0.116. The van der Waals surface area contributed by atoms with Crippen LogP contribution in [0.25, 0.3) is 0 Å². The van der Waals surface area contributed by atoms with Gasteiger partial charge in [0, 0.05) is 43.7 Å². The molecule has 2 unspecified atom stereocenters. The Bertz CT molecular complexity index is 1130. The van der Waals surface area contributed by atoms with Crippen LogP contribution in [0.1, 0.15) is 76.3 Å². The monoisotopic (exact) mass is 504 g/mol. The summed E-state index contributed by atoms with van der Waals surface area (Å²) in [5, 5.41) is 14.4. The van der Waals surface area contributed by atoms with E-state index in [-0.39, 0.29) is 11.5 Å². The number of nitrogens with zero attached hydrogens (tertiary/aromatic N) is 1. The van der Waals surface area contributed by atoms with E-state index in [4.69, 9.17) is 9.47 Å². The smallest absolute Gasteiger partial charge is 0.166 e. The fraction of sp³-hybridized carbons (Fsp3) is 0.688. The summed E-state index contributed by atoms with van der Waals surface area (Å²) in [5.41, 5.74) is 3.93. The van der Waals surface area contributed by atoms with Gasteiger partial charge in [0.1, 0.15) is 6.10 Å². The van der Waals surface area contributed by atoms with Crippen molar-refractivity contribution < 1.29 is 14.6 Å². The molecule has 5 atom stereocenters. The third kappa shape index (κ3) is 3.91. The highest BCUT2D eigenvalue weighted by Crippen LogP contribution is 2.66. The summed E-state index contributed by atoms with van der Waals surface area (Å²) in [6.07, 6.45) is 18.6. The van der Waals surface area contributed by atoms with Crippen molar-refractivity contribution in [2.75, 3.05) is 26.7 Å². The highest BCUT2D eigenvalue weighted by Gasteiger charge is 2.59. The number of rotatable bonds is 6. The van der Waals surface area contributed by atoms with E-state index < -0.39 is 6.10 Å². The van der Waals surface area contributed by atoms with Crippen molar-refractivity contribution in [3.63, 3.8) is 0 Å².